The summed E-state index contributed by atoms with van der Waals surface area (Å²) < 4.78 is 12.1. The van der Waals surface area contributed by atoms with Gasteiger partial charge in [-0.1, -0.05) is 6.07 Å². The Labute approximate surface area is 112 Å². The molecule has 0 aliphatic rings. The third-order valence-electron chi connectivity index (χ3n) is 2.96. The van der Waals surface area contributed by atoms with Crippen LogP contribution in [0.3, 0.4) is 0 Å². The first-order chi connectivity index (χ1) is 9.13. The summed E-state index contributed by atoms with van der Waals surface area (Å²) in [5.41, 5.74) is 1.63. The average molecular weight is 262 g/mol. The molecule has 0 bridgehead atoms. The Morgan fingerprint density at radius 2 is 1.95 bits per heavy atom. The topological polar surface area (TPSA) is 56.5 Å². The SMILES string of the molecule is COc1ccc(C(O)Cc2ccn(C)n2)cc1OC. The Balaban J connectivity index is 2.16. The summed E-state index contributed by atoms with van der Waals surface area (Å²) >= 11 is 0. The van der Waals surface area contributed by atoms with Gasteiger partial charge in [-0.3, -0.25) is 4.68 Å². The zero-order valence-electron chi connectivity index (χ0n) is 11.3. The summed E-state index contributed by atoms with van der Waals surface area (Å²) in [6.45, 7) is 0. The molecule has 0 fully saturated rings. The monoisotopic (exact) mass is 262 g/mol. The van der Waals surface area contributed by atoms with Crippen molar-refractivity contribution in [1.82, 2.24) is 9.78 Å². The number of aromatic nitrogens is 2. The highest BCUT2D eigenvalue weighted by Crippen LogP contribution is 2.30. The molecule has 0 saturated heterocycles. The van der Waals surface area contributed by atoms with E-state index in [1.807, 2.05) is 25.4 Å². The summed E-state index contributed by atoms with van der Waals surface area (Å²) in [6, 6.07) is 7.29. The Hall–Kier alpha value is -2.01. The molecule has 1 heterocycles. The molecule has 19 heavy (non-hydrogen) atoms. The molecule has 1 aromatic heterocycles. The molecule has 0 spiro atoms. The Morgan fingerprint density at radius 1 is 1.21 bits per heavy atom. The Bertz CT molecular complexity index is 551. The minimum atomic E-state index is -0.616. The van der Waals surface area contributed by atoms with E-state index in [1.54, 1.807) is 31.0 Å². The fourth-order valence-electron chi connectivity index (χ4n) is 1.95. The van der Waals surface area contributed by atoms with Crippen molar-refractivity contribution in [2.75, 3.05) is 14.2 Å². The van der Waals surface area contributed by atoms with Gasteiger partial charge in [0.2, 0.25) is 0 Å². The zero-order chi connectivity index (χ0) is 13.8. The number of aliphatic hydroxyl groups excluding tert-OH is 1. The quantitative estimate of drug-likeness (QED) is 0.891. The second-order valence-electron chi connectivity index (χ2n) is 4.32. The molecule has 0 radical (unpaired) electrons. The minimum absolute atomic E-state index is 0.469. The van der Waals surface area contributed by atoms with E-state index in [-0.39, 0.29) is 0 Å². The lowest BCUT2D eigenvalue weighted by atomic mass is 10.0. The average Bonchev–Trinajstić information content (AvgIpc) is 2.83. The molecule has 2 rings (SSSR count). The maximum Gasteiger partial charge on any atom is 0.161 e. The van der Waals surface area contributed by atoms with Gasteiger partial charge in [-0.05, 0) is 23.8 Å². The van der Waals surface area contributed by atoms with Crippen LogP contribution in [0.2, 0.25) is 0 Å². The van der Waals surface area contributed by atoms with Crippen LogP contribution in [0.1, 0.15) is 17.4 Å². The zero-order valence-corrected chi connectivity index (χ0v) is 11.3. The highest BCUT2D eigenvalue weighted by molar-refractivity contribution is 5.43. The maximum atomic E-state index is 10.2. The number of hydrogen-bond donors (Lipinski definition) is 1. The molecule has 0 aliphatic carbocycles. The van der Waals surface area contributed by atoms with Crippen molar-refractivity contribution < 1.29 is 14.6 Å². The van der Waals surface area contributed by atoms with Gasteiger partial charge < -0.3 is 14.6 Å². The third-order valence-corrected chi connectivity index (χ3v) is 2.96. The van der Waals surface area contributed by atoms with E-state index in [1.165, 1.54) is 0 Å². The lowest BCUT2D eigenvalue weighted by Crippen LogP contribution is -2.04. The number of benzene rings is 1. The standard InChI is InChI=1S/C14H18N2O3/c1-16-7-6-11(15-16)9-12(17)10-4-5-13(18-2)14(8-10)19-3/h4-8,12,17H,9H2,1-3H3. The summed E-state index contributed by atoms with van der Waals surface area (Å²) in [5.74, 6) is 1.26. The lowest BCUT2D eigenvalue weighted by molar-refractivity contribution is 0.176. The van der Waals surface area contributed by atoms with Crippen molar-refractivity contribution in [1.29, 1.82) is 0 Å². The third kappa shape index (κ3) is 3.06. The van der Waals surface area contributed by atoms with Crippen LogP contribution in [0.15, 0.2) is 30.5 Å². The Kier molecular flexibility index (Phi) is 4.06. The van der Waals surface area contributed by atoms with Crippen molar-refractivity contribution in [3.8, 4) is 11.5 Å². The molecule has 102 valence electrons. The van der Waals surface area contributed by atoms with Crippen molar-refractivity contribution >= 4 is 0 Å². The highest BCUT2D eigenvalue weighted by atomic mass is 16.5. The van der Waals surface area contributed by atoms with Gasteiger partial charge in [-0.2, -0.15) is 5.10 Å². The lowest BCUT2D eigenvalue weighted by Gasteiger charge is -2.13. The van der Waals surface area contributed by atoms with Gasteiger partial charge in [0.1, 0.15) is 0 Å². The van der Waals surface area contributed by atoms with E-state index in [2.05, 4.69) is 5.10 Å². The maximum absolute atomic E-state index is 10.2. The van der Waals surface area contributed by atoms with Crippen LogP contribution in [0.5, 0.6) is 11.5 Å². The van der Waals surface area contributed by atoms with Gasteiger partial charge in [0.25, 0.3) is 0 Å². The van der Waals surface area contributed by atoms with Gasteiger partial charge in [0.15, 0.2) is 11.5 Å². The van der Waals surface area contributed by atoms with Crippen molar-refractivity contribution in [3.63, 3.8) is 0 Å². The number of rotatable bonds is 5. The van der Waals surface area contributed by atoms with Crippen molar-refractivity contribution in [3.05, 3.63) is 41.7 Å². The number of hydrogen-bond acceptors (Lipinski definition) is 4. The minimum Gasteiger partial charge on any atom is -0.493 e. The van der Waals surface area contributed by atoms with Crippen LogP contribution < -0.4 is 9.47 Å². The predicted octanol–water partition coefficient (Wildman–Crippen LogP) is 1.71. The van der Waals surface area contributed by atoms with E-state index in [0.717, 1.165) is 11.3 Å². The van der Waals surface area contributed by atoms with Crippen LogP contribution in [0.4, 0.5) is 0 Å². The van der Waals surface area contributed by atoms with Gasteiger partial charge in [0, 0.05) is 19.7 Å². The fraction of sp³-hybridized carbons (Fsp3) is 0.357. The summed E-state index contributed by atoms with van der Waals surface area (Å²) in [6.07, 6.45) is 1.71. The van der Waals surface area contributed by atoms with E-state index in [4.69, 9.17) is 9.47 Å². The van der Waals surface area contributed by atoms with Crippen LogP contribution in [0.25, 0.3) is 0 Å². The van der Waals surface area contributed by atoms with Crippen LogP contribution in [0, 0.1) is 0 Å². The summed E-state index contributed by atoms with van der Waals surface area (Å²) in [4.78, 5) is 0. The largest absolute Gasteiger partial charge is 0.493 e. The van der Waals surface area contributed by atoms with Crippen molar-refractivity contribution in [2.45, 2.75) is 12.5 Å². The molecule has 1 unspecified atom stereocenters. The van der Waals surface area contributed by atoms with Crippen LogP contribution in [-0.4, -0.2) is 29.1 Å². The number of ether oxygens (including phenoxy) is 2. The first kappa shape index (κ1) is 13.4. The van der Waals surface area contributed by atoms with Gasteiger partial charge in [-0.25, -0.2) is 0 Å². The highest BCUT2D eigenvalue weighted by Gasteiger charge is 2.13. The summed E-state index contributed by atoms with van der Waals surface area (Å²) in [5, 5.41) is 14.5. The molecular formula is C14H18N2O3. The van der Waals surface area contributed by atoms with Crippen molar-refractivity contribution in [2.24, 2.45) is 7.05 Å². The fourth-order valence-corrected chi connectivity index (χ4v) is 1.95. The number of methoxy groups -OCH3 is 2. The molecule has 1 atom stereocenters. The van der Waals surface area contributed by atoms with Crippen LogP contribution in [-0.2, 0) is 13.5 Å². The van der Waals surface area contributed by atoms with Gasteiger partial charge in [-0.15, -0.1) is 0 Å². The molecule has 5 heteroatoms. The smallest absolute Gasteiger partial charge is 0.161 e. The van der Waals surface area contributed by atoms with Gasteiger partial charge >= 0.3 is 0 Å². The second kappa shape index (κ2) is 5.75. The number of nitrogens with zero attached hydrogens (tertiary/aromatic N) is 2. The molecule has 2 aromatic rings. The predicted molar refractivity (Wildman–Crippen MR) is 71.4 cm³/mol. The van der Waals surface area contributed by atoms with E-state index in [9.17, 15) is 5.11 Å². The van der Waals surface area contributed by atoms with E-state index in [0.29, 0.717) is 17.9 Å². The van der Waals surface area contributed by atoms with Crippen LogP contribution >= 0.6 is 0 Å². The molecule has 1 N–H and O–H groups in total. The van der Waals surface area contributed by atoms with Gasteiger partial charge in [0.05, 0.1) is 26.0 Å². The molecular weight excluding hydrogens is 244 g/mol. The molecule has 0 aliphatic heterocycles. The first-order valence-electron chi connectivity index (χ1n) is 6.02. The first-order valence-corrected chi connectivity index (χ1v) is 6.02. The molecule has 1 aromatic carbocycles. The number of aryl methyl sites for hydroxylation is 1. The molecule has 5 nitrogen and oxygen atoms in total. The Morgan fingerprint density at radius 3 is 2.53 bits per heavy atom. The summed E-state index contributed by atoms with van der Waals surface area (Å²) in [7, 11) is 5.01. The molecule has 0 amide bonds. The van der Waals surface area contributed by atoms with E-state index < -0.39 is 6.10 Å². The number of aliphatic hydroxyl groups is 1. The normalized spacial score (nSPS) is 12.2. The molecule has 0 saturated carbocycles. The van der Waals surface area contributed by atoms with E-state index >= 15 is 0 Å². The second-order valence-corrected chi connectivity index (χ2v) is 4.32.